The van der Waals surface area contributed by atoms with E-state index in [4.69, 9.17) is 38.5 Å². The summed E-state index contributed by atoms with van der Waals surface area (Å²) in [5.41, 5.74) is 0. The van der Waals surface area contributed by atoms with Gasteiger partial charge in [-0.15, -0.1) is 0 Å². The van der Waals surface area contributed by atoms with E-state index in [1.54, 1.807) is 0 Å². The molecule has 0 atom stereocenters. The molecule has 0 aliphatic heterocycles. The normalized spacial score (nSPS) is 10.7. The van der Waals surface area contributed by atoms with Crippen molar-refractivity contribution >= 4 is 15.6 Å². The third-order valence-corrected chi connectivity index (χ3v) is 0. The molecule has 0 N–H and O–H groups in total. The average Bonchev–Trinajstić information content (AvgIpc) is 1.12. The van der Waals surface area contributed by atoms with E-state index in [-0.39, 0.29) is 17.1 Å². The molecule has 8 nitrogen and oxygen atoms in total. The molecule has 11 heavy (non-hydrogen) atoms. The maximum Gasteiger partial charge on any atom is 2.00 e. The van der Waals surface area contributed by atoms with Gasteiger partial charge in [0.15, 0.2) is 0 Å². The zero-order valence-corrected chi connectivity index (χ0v) is 7.51. The number of hydrogen-bond acceptors (Lipinski definition) is 8. The number of hydrogen-bond donors (Lipinski definition) is 0. The molecule has 0 rings (SSSR count). The van der Waals surface area contributed by atoms with Crippen LogP contribution in [0, 0.1) is 0 Å². The van der Waals surface area contributed by atoms with Gasteiger partial charge in [0.2, 0.25) is 0 Å². The van der Waals surface area contributed by atoms with Crippen molar-refractivity contribution in [1.82, 2.24) is 0 Å². The molecule has 0 spiro atoms. The molecule has 0 saturated heterocycles. The van der Waals surface area contributed by atoms with Crippen LogP contribution in [0.25, 0.3) is 0 Å². The molecule has 1 radical (unpaired) electrons. The Kier molecular flexibility index (Phi) is 10.1. The quantitative estimate of drug-likeness (QED) is 0.299. The molecule has 0 heterocycles. The fraction of sp³-hybridized carbons (Fsp3) is 0. The summed E-state index contributed by atoms with van der Waals surface area (Å²) in [5.74, 6) is 0. The van der Waals surface area contributed by atoms with Crippen LogP contribution in [0.3, 0.4) is 0 Å². The Morgan fingerprint density at radius 3 is 0.636 bits per heavy atom. The first-order valence-corrected chi connectivity index (χ1v) is 4.38. The predicted octanol–water partition coefficient (Wildman–Crippen LogP) is -5.65. The van der Waals surface area contributed by atoms with Crippen molar-refractivity contribution in [3.63, 3.8) is 0 Å². The van der Waals surface area contributed by atoms with Crippen molar-refractivity contribution < 1.29 is 55.6 Å². The van der Waals surface area contributed by atoms with Crippen LogP contribution in [-0.4, -0.2) is 0 Å². The SMILES string of the molecule is O=P([O-])([O-])[O-].O=P([O-])([O-])[O-].[Mn+2]. The molecule has 0 aromatic heterocycles. The van der Waals surface area contributed by atoms with Gasteiger partial charge in [-0.05, 0) is 0 Å². The predicted molar refractivity (Wildman–Crippen MR) is 15.2 cm³/mol. The van der Waals surface area contributed by atoms with E-state index in [1.165, 1.54) is 0 Å². The minimum Gasteiger partial charge on any atom is -0.822 e. The Balaban J connectivity index is -0.000000107. The molecule has 0 aromatic rings. The first-order valence-electron chi connectivity index (χ1n) is 1.46. The van der Waals surface area contributed by atoms with E-state index in [0.29, 0.717) is 0 Å². The van der Waals surface area contributed by atoms with Gasteiger partial charge in [0, 0.05) is 0 Å². The molecular formula is MnO8P2-4. The van der Waals surface area contributed by atoms with E-state index < -0.39 is 15.6 Å². The standard InChI is InChI=1S/Mn.2H3O4P/c;2*1-5(2,3)4/h;2*(H3,1,2,3,4)/q+2;;/p-6. The molecule has 0 saturated carbocycles. The first kappa shape index (κ1) is 17.7. The Morgan fingerprint density at radius 2 is 0.636 bits per heavy atom. The van der Waals surface area contributed by atoms with Crippen molar-refractivity contribution in [3.05, 3.63) is 0 Å². The first-order chi connectivity index (χ1) is 4.00. The molecule has 11 heteroatoms. The number of phosphoric acid groups is 2. The maximum atomic E-state index is 8.55. The van der Waals surface area contributed by atoms with Gasteiger partial charge in [-0.2, -0.15) is 15.6 Å². The molecule has 0 fully saturated rings. The van der Waals surface area contributed by atoms with Gasteiger partial charge in [0.25, 0.3) is 0 Å². The van der Waals surface area contributed by atoms with Crippen molar-refractivity contribution in [2.45, 2.75) is 0 Å². The Morgan fingerprint density at radius 1 is 0.636 bits per heavy atom. The van der Waals surface area contributed by atoms with Crippen LogP contribution in [0.4, 0.5) is 0 Å². The molecule has 0 bridgehead atoms. The summed E-state index contributed by atoms with van der Waals surface area (Å²) in [6, 6.07) is 0. The number of rotatable bonds is 0. The van der Waals surface area contributed by atoms with Gasteiger partial charge in [-0.3, -0.25) is 0 Å². The summed E-state index contributed by atoms with van der Waals surface area (Å²) in [5, 5.41) is 0. The van der Waals surface area contributed by atoms with Gasteiger partial charge in [0.05, 0.1) is 0 Å². The van der Waals surface area contributed by atoms with Crippen molar-refractivity contribution in [2.24, 2.45) is 0 Å². The van der Waals surface area contributed by atoms with Crippen molar-refractivity contribution in [1.29, 1.82) is 0 Å². The Hall–Kier alpha value is 0.739. The van der Waals surface area contributed by atoms with Gasteiger partial charge < -0.3 is 38.5 Å². The summed E-state index contributed by atoms with van der Waals surface area (Å²) in [6.07, 6.45) is 0. The molecule has 0 aliphatic carbocycles. The molecule has 0 aromatic carbocycles. The van der Waals surface area contributed by atoms with E-state index >= 15 is 0 Å². The minimum absolute atomic E-state index is 0. The van der Waals surface area contributed by atoms with Gasteiger partial charge in [0.1, 0.15) is 0 Å². The fourth-order valence-electron chi connectivity index (χ4n) is 0. The van der Waals surface area contributed by atoms with Crippen LogP contribution in [0.15, 0.2) is 0 Å². The van der Waals surface area contributed by atoms with Crippen LogP contribution >= 0.6 is 15.6 Å². The summed E-state index contributed by atoms with van der Waals surface area (Å²) >= 11 is 0. The maximum absolute atomic E-state index is 8.55. The van der Waals surface area contributed by atoms with Crippen LogP contribution in [-0.2, 0) is 26.2 Å². The van der Waals surface area contributed by atoms with Crippen molar-refractivity contribution in [2.75, 3.05) is 0 Å². The zero-order chi connectivity index (χ0) is 9.00. The topological polar surface area (TPSA) is 172 Å². The van der Waals surface area contributed by atoms with Gasteiger partial charge >= 0.3 is 17.1 Å². The zero-order valence-electron chi connectivity index (χ0n) is 4.54. The van der Waals surface area contributed by atoms with E-state index in [9.17, 15) is 0 Å². The molecule has 0 aliphatic rings. The minimum atomic E-state index is -5.39. The van der Waals surface area contributed by atoms with Crippen LogP contribution < -0.4 is 29.4 Å². The second kappa shape index (κ2) is 6.28. The van der Waals surface area contributed by atoms with Crippen LogP contribution in [0.5, 0.6) is 0 Å². The Labute approximate surface area is 71.8 Å². The van der Waals surface area contributed by atoms with Gasteiger partial charge in [-0.25, -0.2) is 0 Å². The smallest absolute Gasteiger partial charge is 0.822 e. The molecule has 0 amide bonds. The van der Waals surface area contributed by atoms with Crippen LogP contribution in [0.2, 0.25) is 0 Å². The largest absolute Gasteiger partial charge is 2.00 e. The fourth-order valence-corrected chi connectivity index (χ4v) is 0. The van der Waals surface area contributed by atoms with Crippen molar-refractivity contribution in [3.8, 4) is 0 Å². The third-order valence-electron chi connectivity index (χ3n) is 0. The summed E-state index contributed by atoms with van der Waals surface area (Å²) in [7, 11) is -10.8. The molecular weight excluding hydrogens is 245 g/mol. The van der Waals surface area contributed by atoms with Crippen LogP contribution in [0.1, 0.15) is 0 Å². The third kappa shape index (κ3) is 1500. The van der Waals surface area contributed by atoms with E-state index in [0.717, 1.165) is 0 Å². The second-order valence-corrected chi connectivity index (χ2v) is 2.68. The summed E-state index contributed by atoms with van der Waals surface area (Å²) in [4.78, 5) is 51.3. The summed E-state index contributed by atoms with van der Waals surface area (Å²) < 4.78 is 17.1. The van der Waals surface area contributed by atoms with Gasteiger partial charge in [-0.1, -0.05) is 0 Å². The second-order valence-electron chi connectivity index (χ2n) is 0.894. The average molecular weight is 245 g/mol. The molecule has 0 unspecified atom stereocenters. The van der Waals surface area contributed by atoms with E-state index in [1.807, 2.05) is 0 Å². The van der Waals surface area contributed by atoms with E-state index in [2.05, 4.69) is 0 Å². The monoisotopic (exact) mass is 245 g/mol. The Bertz CT molecular complexity index is 124. The molecule has 69 valence electrons. The summed E-state index contributed by atoms with van der Waals surface area (Å²) in [6.45, 7) is 0.